The van der Waals surface area contributed by atoms with Crippen molar-refractivity contribution in [2.24, 2.45) is 0 Å². The maximum atomic E-state index is 5.92. The highest BCUT2D eigenvalue weighted by Crippen LogP contribution is 2.35. The summed E-state index contributed by atoms with van der Waals surface area (Å²) in [4.78, 5) is 0. The van der Waals surface area contributed by atoms with Crippen molar-refractivity contribution < 1.29 is 0 Å². The average Bonchev–Trinajstić information content (AvgIpc) is 2.28. The molecule has 0 fully saturated rings. The SMILES string of the molecule is CC1(C)NCc2c(N)cc(Br)cc21. The van der Waals surface area contributed by atoms with Crippen LogP contribution in [0.1, 0.15) is 25.0 Å². The van der Waals surface area contributed by atoms with Gasteiger partial charge in [-0.05, 0) is 37.1 Å². The Balaban J connectivity index is 2.65. The molecule has 1 heterocycles. The van der Waals surface area contributed by atoms with Crippen LogP contribution >= 0.6 is 15.9 Å². The molecule has 0 aromatic heterocycles. The molecule has 0 radical (unpaired) electrons. The van der Waals surface area contributed by atoms with Gasteiger partial charge in [0.2, 0.25) is 0 Å². The van der Waals surface area contributed by atoms with Gasteiger partial charge in [0.15, 0.2) is 0 Å². The van der Waals surface area contributed by atoms with Crippen LogP contribution in [0, 0.1) is 0 Å². The molecule has 1 aromatic rings. The fraction of sp³-hybridized carbons (Fsp3) is 0.400. The summed E-state index contributed by atoms with van der Waals surface area (Å²) in [6.07, 6.45) is 0. The lowest BCUT2D eigenvalue weighted by atomic mass is 9.94. The summed E-state index contributed by atoms with van der Waals surface area (Å²) in [7, 11) is 0. The highest BCUT2D eigenvalue weighted by molar-refractivity contribution is 9.10. The Hall–Kier alpha value is -0.540. The van der Waals surface area contributed by atoms with Gasteiger partial charge in [0, 0.05) is 22.2 Å². The van der Waals surface area contributed by atoms with E-state index in [0.717, 1.165) is 16.7 Å². The second kappa shape index (κ2) is 2.72. The van der Waals surface area contributed by atoms with Crippen molar-refractivity contribution in [3.05, 3.63) is 27.7 Å². The van der Waals surface area contributed by atoms with Crippen molar-refractivity contribution in [3.8, 4) is 0 Å². The Kier molecular flexibility index (Phi) is 1.89. The molecule has 2 rings (SSSR count). The Morgan fingerprint density at radius 2 is 2.15 bits per heavy atom. The van der Waals surface area contributed by atoms with Gasteiger partial charge in [0.1, 0.15) is 0 Å². The summed E-state index contributed by atoms with van der Waals surface area (Å²) in [5.41, 5.74) is 9.40. The molecule has 1 aliphatic heterocycles. The molecule has 70 valence electrons. The second-order valence-corrected chi connectivity index (χ2v) is 4.92. The molecule has 0 bridgehead atoms. The van der Waals surface area contributed by atoms with E-state index in [0.29, 0.717) is 0 Å². The van der Waals surface area contributed by atoms with E-state index in [4.69, 9.17) is 5.73 Å². The first-order valence-corrected chi connectivity index (χ1v) is 5.13. The van der Waals surface area contributed by atoms with Crippen molar-refractivity contribution >= 4 is 21.6 Å². The Morgan fingerprint density at radius 1 is 1.46 bits per heavy atom. The monoisotopic (exact) mass is 240 g/mol. The first kappa shape index (κ1) is 9.03. The van der Waals surface area contributed by atoms with Gasteiger partial charge < -0.3 is 11.1 Å². The number of hydrogen-bond acceptors (Lipinski definition) is 2. The second-order valence-electron chi connectivity index (χ2n) is 4.00. The van der Waals surface area contributed by atoms with Crippen LogP contribution in [-0.2, 0) is 12.1 Å². The third kappa shape index (κ3) is 1.36. The maximum Gasteiger partial charge on any atom is 0.0384 e. The van der Waals surface area contributed by atoms with Gasteiger partial charge in [0.25, 0.3) is 0 Å². The average molecular weight is 241 g/mol. The lowest BCUT2D eigenvalue weighted by molar-refractivity contribution is 0.442. The van der Waals surface area contributed by atoms with Crippen molar-refractivity contribution in [2.45, 2.75) is 25.9 Å². The Bertz CT molecular complexity index is 358. The van der Waals surface area contributed by atoms with E-state index < -0.39 is 0 Å². The molecule has 13 heavy (non-hydrogen) atoms. The van der Waals surface area contributed by atoms with Crippen molar-refractivity contribution in [1.29, 1.82) is 0 Å². The zero-order valence-corrected chi connectivity index (χ0v) is 9.40. The van der Waals surface area contributed by atoms with Crippen molar-refractivity contribution in [2.75, 3.05) is 5.73 Å². The highest BCUT2D eigenvalue weighted by Gasteiger charge is 2.30. The molecule has 1 aliphatic rings. The number of nitrogens with two attached hydrogens (primary N) is 1. The first-order chi connectivity index (χ1) is 6.00. The molecule has 3 heteroatoms. The molecule has 0 aliphatic carbocycles. The van der Waals surface area contributed by atoms with Crippen LogP contribution in [0.5, 0.6) is 0 Å². The van der Waals surface area contributed by atoms with E-state index in [1.807, 2.05) is 6.07 Å². The number of nitrogen functional groups attached to an aromatic ring is 1. The molecule has 0 saturated heterocycles. The number of benzene rings is 1. The van der Waals surface area contributed by atoms with Crippen LogP contribution in [-0.4, -0.2) is 0 Å². The van der Waals surface area contributed by atoms with Gasteiger partial charge in [-0.25, -0.2) is 0 Å². The number of rotatable bonds is 0. The first-order valence-electron chi connectivity index (χ1n) is 4.34. The molecule has 0 unspecified atom stereocenters. The summed E-state index contributed by atoms with van der Waals surface area (Å²) in [6, 6.07) is 4.10. The largest absolute Gasteiger partial charge is 0.398 e. The van der Waals surface area contributed by atoms with Crippen molar-refractivity contribution in [1.82, 2.24) is 5.32 Å². The topological polar surface area (TPSA) is 38.0 Å². The number of nitrogens with one attached hydrogen (secondary N) is 1. The summed E-state index contributed by atoms with van der Waals surface area (Å²) in [5, 5.41) is 3.43. The van der Waals surface area contributed by atoms with Crippen LogP contribution in [0.25, 0.3) is 0 Å². The fourth-order valence-electron chi connectivity index (χ4n) is 1.82. The summed E-state index contributed by atoms with van der Waals surface area (Å²) in [6.45, 7) is 5.22. The van der Waals surface area contributed by atoms with Crippen LogP contribution in [0.2, 0.25) is 0 Å². The van der Waals surface area contributed by atoms with Crippen LogP contribution in [0.4, 0.5) is 5.69 Å². The maximum absolute atomic E-state index is 5.92. The van der Waals surface area contributed by atoms with E-state index in [-0.39, 0.29) is 5.54 Å². The number of anilines is 1. The molecule has 0 atom stereocenters. The van der Waals surface area contributed by atoms with Crippen LogP contribution in [0.3, 0.4) is 0 Å². The third-order valence-electron chi connectivity index (χ3n) is 2.63. The number of halogens is 1. The standard InChI is InChI=1S/C10H13BrN2/c1-10(2)8-3-6(11)4-9(12)7(8)5-13-10/h3-4,13H,5,12H2,1-2H3. The normalized spacial score (nSPS) is 18.7. The van der Waals surface area contributed by atoms with Crippen LogP contribution in [0.15, 0.2) is 16.6 Å². The van der Waals surface area contributed by atoms with Gasteiger partial charge in [-0.1, -0.05) is 15.9 Å². The molecular formula is C10H13BrN2. The molecule has 0 saturated carbocycles. The highest BCUT2D eigenvalue weighted by atomic mass is 79.9. The Morgan fingerprint density at radius 3 is 2.85 bits per heavy atom. The van der Waals surface area contributed by atoms with Crippen molar-refractivity contribution in [3.63, 3.8) is 0 Å². The molecule has 2 nitrogen and oxygen atoms in total. The lowest BCUT2D eigenvalue weighted by Gasteiger charge is -2.19. The summed E-state index contributed by atoms with van der Waals surface area (Å²) in [5.74, 6) is 0. The van der Waals surface area contributed by atoms with Gasteiger partial charge in [0.05, 0.1) is 0 Å². The Labute approximate surface area is 86.6 Å². The minimum absolute atomic E-state index is 0.0488. The molecule has 3 N–H and O–H groups in total. The van der Waals surface area contributed by atoms with E-state index in [1.165, 1.54) is 11.1 Å². The minimum atomic E-state index is 0.0488. The van der Waals surface area contributed by atoms with Gasteiger partial charge in [-0.3, -0.25) is 0 Å². The van der Waals surface area contributed by atoms with Gasteiger partial charge in [-0.2, -0.15) is 0 Å². The summed E-state index contributed by atoms with van der Waals surface area (Å²) >= 11 is 3.46. The van der Waals surface area contributed by atoms with E-state index in [2.05, 4.69) is 41.2 Å². The zero-order chi connectivity index (χ0) is 9.64. The fourth-order valence-corrected chi connectivity index (χ4v) is 2.29. The molecule has 0 amide bonds. The van der Waals surface area contributed by atoms with E-state index in [9.17, 15) is 0 Å². The zero-order valence-electron chi connectivity index (χ0n) is 7.82. The molecular weight excluding hydrogens is 228 g/mol. The van der Waals surface area contributed by atoms with E-state index >= 15 is 0 Å². The molecule has 0 spiro atoms. The minimum Gasteiger partial charge on any atom is -0.398 e. The quantitative estimate of drug-likeness (QED) is 0.684. The van der Waals surface area contributed by atoms with Crippen LogP contribution < -0.4 is 11.1 Å². The predicted molar refractivity (Wildman–Crippen MR) is 58.4 cm³/mol. The van der Waals surface area contributed by atoms with E-state index in [1.54, 1.807) is 0 Å². The third-order valence-corrected chi connectivity index (χ3v) is 3.09. The van der Waals surface area contributed by atoms with Gasteiger partial charge >= 0.3 is 0 Å². The number of hydrogen-bond donors (Lipinski definition) is 2. The number of fused-ring (bicyclic) bond motifs is 1. The molecule has 1 aromatic carbocycles. The smallest absolute Gasteiger partial charge is 0.0384 e. The predicted octanol–water partition coefficient (Wildman–Crippen LogP) is 2.37. The van der Waals surface area contributed by atoms with Gasteiger partial charge in [-0.15, -0.1) is 0 Å². The summed E-state index contributed by atoms with van der Waals surface area (Å²) < 4.78 is 1.06. The lowest BCUT2D eigenvalue weighted by Crippen LogP contribution is -2.28.